The van der Waals surface area contributed by atoms with E-state index in [1.54, 1.807) is 12.0 Å². The van der Waals surface area contributed by atoms with Gasteiger partial charge in [0.2, 0.25) is 11.8 Å². The molecule has 11 nitrogen and oxygen atoms in total. The number of aliphatic hydroxyl groups is 2. The van der Waals surface area contributed by atoms with E-state index >= 15 is 0 Å². The summed E-state index contributed by atoms with van der Waals surface area (Å²) in [7, 11) is 6.09. The molecule has 11 heteroatoms. The van der Waals surface area contributed by atoms with E-state index in [4.69, 9.17) is 9.57 Å². The van der Waals surface area contributed by atoms with Gasteiger partial charge in [0.15, 0.2) is 0 Å². The first-order chi connectivity index (χ1) is 24.8. The van der Waals surface area contributed by atoms with Crippen molar-refractivity contribution in [1.29, 1.82) is 0 Å². The van der Waals surface area contributed by atoms with E-state index in [-0.39, 0.29) is 42.4 Å². The van der Waals surface area contributed by atoms with Crippen LogP contribution in [0, 0.1) is 58.7 Å². The summed E-state index contributed by atoms with van der Waals surface area (Å²) < 4.78 is 6.40. The second-order valence-corrected chi connectivity index (χ2v) is 18.9. The topological polar surface area (TPSA) is 136 Å². The molecule has 0 radical (unpaired) electrons. The highest BCUT2D eigenvalue weighted by molar-refractivity contribution is 5.83. The maximum atomic E-state index is 14.3. The fourth-order valence-corrected chi connectivity index (χ4v) is 12.1. The Bertz CT molecular complexity index is 1200. The molecule has 2 bridgehead atoms. The van der Waals surface area contributed by atoms with Gasteiger partial charge >= 0.3 is 0 Å². The van der Waals surface area contributed by atoms with Gasteiger partial charge in [-0.25, -0.2) is 0 Å². The van der Waals surface area contributed by atoms with Crippen molar-refractivity contribution in [3.63, 3.8) is 0 Å². The van der Waals surface area contributed by atoms with Crippen molar-refractivity contribution in [3.05, 3.63) is 0 Å². The molecule has 7 aliphatic rings. The van der Waals surface area contributed by atoms with Crippen LogP contribution in [-0.2, 0) is 19.2 Å². The monoisotopic (exact) mass is 732 g/mol. The van der Waals surface area contributed by atoms with Crippen molar-refractivity contribution in [2.24, 2.45) is 58.7 Å². The fourth-order valence-electron chi connectivity index (χ4n) is 12.1. The van der Waals surface area contributed by atoms with Crippen LogP contribution >= 0.6 is 0 Å². The van der Waals surface area contributed by atoms with Crippen LogP contribution in [0.3, 0.4) is 0 Å². The number of fused-ring (bicyclic) bond motifs is 2. The van der Waals surface area contributed by atoms with Crippen LogP contribution < -0.4 is 16.0 Å². The number of hydrogen-bond donors (Lipinski definition) is 5. The average Bonchev–Trinajstić information content (AvgIpc) is 3.51. The second kappa shape index (κ2) is 17.2. The van der Waals surface area contributed by atoms with E-state index in [0.29, 0.717) is 53.5 Å². The van der Waals surface area contributed by atoms with E-state index in [1.165, 1.54) is 19.3 Å². The lowest BCUT2D eigenvalue weighted by molar-refractivity contribution is -0.193. The van der Waals surface area contributed by atoms with E-state index in [9.17, 15) is 19.8 Å². The van der Waals surface area contributed by atoms with Gasteiger partial charge in [-0.2, -0.15) is 5.06 Å². The second-order valence-electron chi connectivity index (χ2n) is 18.9. The lowest BCUT2D eigenvalue weighted by Gasteiger charge is -2.62. The number of piperidine rings is 1. The van der Waals surface area contributed by atoms with Gasteiger partial charge in [0.05, 0.1) is 18.8 Å². The van der Waals surface area contributed by atoms with Crippen LogP contribution in [0.25, 0.3) is 0 Å². The standard InChI is InChI=1S/C41H73N5O6/c1-24-33-20-30(41(33,3)4)21-34(24)44-40(50)37-36(25(2)48)35(23-47)52-46(37)22-27-9-8-10-32(38(27)51-7)28-17-29(19-31(18-28)45(5)6)39(49)43-16-13-26-11-14-42-15-12-26/h24-38,42,47-48H,8-23H2,1-7H3,(H,43,49)(H,44,50)/t24-,25-,27?,28?,29?,30+,31?,32?,33-,34-,35-,36-,37-,38?/m0/s1. The van der Waals surface area contributed by atoms with Crippen LogP contribution in [0.2, 0.25) is 0 Å². The maximum absolute atomic E-state index is 14.3. The number of hydrogen-bond acceptors (Lipinski definition) is 9. The molecule has 0 aromatic heterocycles. The van der Waals surface area contributed by atoms with Crippen molar-refractivity contribution in [1.82, 2.24) is 25.9 Å². The molecular formula is C41H73N5O6. The third-order valence-corrected chi connectivity index (χ3v) is 15.5. The third kappa shape index (κ3) is 8.41. The Balaban J connectivity index is 1.13. The molecule has 5 aliphatic carbocycles. The fraction of sp³-hybridized carbons (Fsp3) is 0.951. The quantitative estimate of drug-likeness (QED) is 0.193. The highest BCUT2D eigenvalue weighted by Gasteiger charge is 2.58. The number of hydroxylamine groups is 2. The summed E-state index contributed by atoms with van der Waals surface area (Å²) >= 11 is 0. The lowest BCUT2D eigenvalue weighted by atomic mass is 9.45. The Hall–Kier alpha value is -1.34. The summed E-state index contributed by atoms with van der Waals surface area (Å²) in [6.45, 7) is 11.9. The first-order valence-electron chi connectivity index (χ1n) is 21.0. The van der Waals surface area contributed by atoms with Gasteiger partial charge in [-0.15, -0.1) is 0 Å². The van der Waals surface area contributed by atoms with Crippen molar-refractivity contribution >= 4 is 11.8 Å². The molecule has 7 rings (SSSR count). The summed E-state index contributed by atoms with van der Waals surface area (Å²) in [4.78, 5) is 36.7. The molecule has 298 valence electrons. The number of rotatable bonds is 13. The Morgan fingerprint density at radius 2 is 1.81 bits per heavy atom. The molecule has 2 amide bonds. The Morgan fingerprint density at radius 1 is 1.06 bits per heavy atom. The summed E-state index contributed by atoms with van der Waals surface area (Å²) in [6, 6.07) is -0.257. The van der Waals surface area contributed by atoms with Gasteiger partial charge in [0.1, 0.15) is 12.1 Å². The Morgan fingerprint density at radius 3 is 2.44 bits per heavy atom. The molecule has 0 aromatic rings. The minimum atomic E-state index is -0.820. The Kier molecular flexibility index (Phi) is 13.3. The molecule has 2 heterocycles. The minimum Gasteiger partial charge on any atom is -0.394 e. The van der Waals surface area contributed by atoms with Crippen LogP contribution in [0.1, 0.15) is 98.3 Å². The molecule has 6 unspecified atom stereocenters. The van der Waals surface area contributed by atoms with Crippen molar-refractivity contribution in [2.45, 2.75) is 135 Å². The normalized spacial score (nSPS) is 41.7. The van der Waals surface area contributed by atoms with Crippen molar-refractivity contribution in [2.75, 3.05) is 54.0 Å². The number of nitrogens with zero attached hydrogens (tertiary/aromatic N) is 2. The smallest absolute Gasteiger partial charge is 0.240 e. The van der Waals surface area contributed by atoms with Crippen LogP contribution in [0.15, 0.2) is 0 Å². The molecule has 5 N–H and O–H groups in total. The lowest BCUT2D eigenvalue weighted by Crippen LogP contribution is -2.62. The van der Waals surface area contributed by atoms with Crippen LogP contribution in [0.5, 0.6) is 0 Å². The number of ether oxygens (including phenoxy) is 1. The average molecular weight is 732 g/mol. The van der Waals surface area contributed by atoms with Crippen LogP contribution in [0.4, 0.5) is 0 Å². The summed E-state index contributed by atoms with van der Waals surface area (Å²) in [5, 5.41) is 33.4. The van der Waals surface area contributed by atoms with Crippen LogP contribution in [-0.4, -0.2) is 122 Å². The molecule has 7 fully saturated rings. The molecule has 0 spiro atoms. The summed E-state index contributed by atoms with van der Waals surface area (Å²) in [5.74, 6) is 2.62. The first-order valence-corrected chi connectivity index (χ1v) is 21.0. The zero-order chi connectivity index (χ0) is 37.3. The van der Waals surface area contributed by atoms with Gasteiger partial charge in [-0.1, -0.05) is 27.2 Å². The predicted octanol–water partition coefficient (Wildman–Crippen LogP) is 3.43. The number of nitrogens with one attached hydrogen (secondary N) is 3. The SMILES string of the molecule is COC1C(CN2O[C@@H](CO)[C@H]([C@H](C)O)[C@H]2C(=O)N[C@H]2C[C@H]3C[C@@H]([C@@H]2C)C3(C)C)CCCC1C1CC(C(=O)NCCC2CCNCC2)CC(N(C)C)C1. The molecule has 5 saturated carbocycles. The summed E-state index contributed by atoms with van der Waals surface area (Å²) in [6.07, 6.45) is 10.0. The predicted molar refractivity (Wildman–Crippen MR) is 202 cm³/mol. The summed E-state index contributed by atoms with van der Waals surface area (Å²) in [5.41, 5.74) is 0.321. The molecule has 14 atom stereocenters. The highest BCUT2D eigenvalue weighted by Crippen LogP contribution is 2.61. The van der Waals surface area contributed by atoms with Crippen molar-refractivity contribution < 1.29 is 29.4 Å². The Labute approximate surface area is 314 Å². The number of carbonyl (C=O) groups is 2. The first kappa shape index (κ1) is 40.3. The number of aliphatic hydroxyl groups excluding tert-OH is 2. The van der Waals surface area contributed by atoms with Crippen molar-refractivity contribution in [3.8, 4) is 0 Å². The zero-order valence-corrected chi connectivity index (χ0v) is 33.4. The molecule has 0 aromatic carbocycles. The van der Waals surface area contributed by atoms with Gasteiger partial charge in [0, 0.05) is 50.0 Å². The van der Waals surface area contributed by atoms with E-state index in [2.05, 4.69) is 55.7 Å². The number of carbonyl (C=O) groups excluding carboxylic acids is 2. The van der Waals surface area contributed by atoms with E-state index in [1.807, 2.05) is 7.11 Å². The molecular weight excluding hydrogens is 658 g/mol. The van der Waals surface area contributed by atoms with Gasteiger partial charge in [-0.3, -0.25) is 14.4 Å². The minimum absolute atomic E-state index is 0.0112. The van der Waals surface area contributed by atoms with E-state index in [0.717, 1.165) is 71.0 Å². The number of amides is 2. The van der Waals surface area contributed by atoms with E-state index < -0.39 is 24.2 Å². The molecule has 2 aliphatic heterocycles. The molecule has 2 saturated heterocycles. The van der Waals surface area contributed by atoms with Gasteiger partial charge in [-0.05, 0) is 139 Å². The maximum Gasteiger partial charge on any atom is 0.240 e. The zero-order valence-electron chi connectivity index (χ0n) is 33.4. The largest absolute Gasteiger partial charge is 0.394 e. The third-order valence-electron chi connectivity index (χ3n) is 15.5. The van der Waals surface area contributed by atoms with Gasteiger partial charge < -0.3 is 35.8 Å². The number of methoxy groups -OCH3 is 1. The van der Waals surface area contributed by atoms with Gasteiger partial charge in [0.25, 0.3) is 0 Å². The highest BCUT2D eigenvalue weighted by atomic mass is 16.7. The molecule has 52 heavy (non-hydrogen) atoms.